The second-order valence-electron chi connectivity index (χ2n) is 6.54. The van der Waals surface area contributed by atoms with Crippen molar-refractivity contribution in [2.24, 2.45) is 0 Å². The molecule has 0 aromatic heterocycles. The van der Waals surface area contributed by atoms with Crippen molar-refractivity contribution in [3.63, 3.8) is 0 Å². The molecular weight excluding hydrogens is 339 g/mol. The van der Waals surface area contributed by atoms with E-state index in [9.17, 15) is 18.4 Å². The van der Waals surface area contributed by atoms with E-state index in [2.05, 4.69) is 0 Å². The lowest BCUT2D eigenvalue weighted by atomic mass is 9.85. The van der Waals surface area contributed by atoms with Gasteiger partial charge in [0.25, 0.3) is 0 Å². The van der Waals surface area contributed by atoms with Crippen molar-refractivity contribution in [1.29, 1.82) is 0 Å². The van der Waals surface area contributed by atoms with Gasteiger partial charge < -0.3 is 19.4 Å². The lowest BCUT2D eigenvalue weighted by Crippen LogP contribution is -2.52. The Kier molecular flexibility index (Phi) is 5.41. The molecule has 1 N–H and O–H groups in total. The number of piperidine rings is 2. The number of hydroxylamine groups is 2. The number of alkyl halides is 3. The van der Waals surface area contributed by atoms with E-state index in [1.54, 1.807) is 0 Å². The maximum atomic E-state index is 12.9. The third-order valence-corrected chi connectivity index (χ3v) is 4.79. The highest BCUT2D eigenvalue weighted by molar-refractivity contribution is 5.44. The summed E-state index contributed by atoms with van der Waals surface area (Å²) < 4.78 is 54.8. The smallest absolute Gasteiger partial charge is 0.416 e. The maximum absolute atomic E-state index is 12.9. The van der Waals surface area contributed by atoms with Crippen LogP contribution in [0.5, 0.6) is 11.5 Å². The van der Waals surface area contributed by atoms with Crippen LogP contribution >= 0.6 is 0 Å². The predicted molar refractivity (Wildman–Crippen MR) is 82.7 cm³/mol. The molecule has 0 amide bonds. The van der Waals surface area contributed by atoms with Crippen molar-refractivity contribution < 1.29 is 32.6 Å². The van der Waals surface area contributed by atoms with E-state index < -0.39 is 11.7 Å². The first-order valence-corrected chi connectivity index (χ1v) is 8.35. The maximum Gasteiger partial charge on any atom is 0.416 e. The van der Waals surface area contributed by atoms with Gasteiger partial charge in [0.2, 0.25) is 0 Å². The van der Waals surface area contributed by atoms with Gasteiger partial charge in [-0.2, -0.15) is 18.2 Å². The molecule has 2 aliphatic rings. The van der Waals surface area contributed by atoms with Crippen LogP contribution in [0.1, 0.15) is 37.7 Å². The number of fused-ring (bicyclic) bond motifs is 2. The van der Waals surface area contributed by atoms with Crippen LogP contribution in [0.15, 0.2) is 18.2 Å². The first-order valence-electron chi connectivity index (χ1n) is 8.35. The molecule has 2 saturated heterocycles. The van der Waals surface area contributed by atoms with Gasteiger partial charge in [-0.1, -0.05) is 6.42 Å². The molecule has 0 aliphatic carbocycles. The molecule has 2 heterocycles. The Morgan fingerprint density at radius 3 is 2.44 bits per heavy atom. The average molecular weight is 361 g/mol. The molecule has 1 aromatic rings. The van der Waals surface area contributed by atoms with Crippen LogP contribution in [0.4, 0.5) is 13.2 Å². The zero-order valence-electron chi connectivity index (χ0n) is 14.0. The molecule has 5 nitrogen and oxygen atoms in total. The average Bonchev–Trinajstić information content (AvgIpc) is 2.54. The Hall–Kier alpha value is -1.51. The van der Waals surface area contributed by atoms with E-state index in [1.807, 2.05) is 0 Å². The van der Waals surface area contributed by atoms with Crippen LogP contribution in [0.2, 0.25) is 0 Å². The summed E-state index contributed by atoms with van der Waals surface area (Å²) in [4.78, 5) is 0. The molecule has 0 unspecified atom stereocenters. The van der Waals surface area contributed by atoms with Gasteiger partial charge in [-0.15, -0.1) is 0 Å². The number of methoxy groups -OCH3 is 1. The standard InChI is InChI=1S/C17H22F3NO4/c1-23-10-24-16-7-11(17(18,19)20)5-6-15(16)25-14-8-12-3-2-4-13(9-14)21(12)22/h5-7,12-14,22H,2-4,8-10H2,1H3/t12-,13+,14+. The number of nitrogens with zero attached hydrogens (tertiary/aromatic N) is 1. The highest BCUT2D eigenvalue weighted by atomic mass is 19.4. The molecule has 2 bridgehead atoms. The minimum atomic E-state index is -4.46. The molecule has 0 radical (unpaired) electrons. The Bertz CT molecular complexity index is 582. The minimum absolute atomic E-state index is 0.00765. The van der Waals surface area contributed by atoms with Crippen molar-refractivity contribution in [2.45, 2.75) is 56.5 Å². The number of halogens is 3. The Morgan fingerprint density at radius 1 is 1.16 bits per heavy atom. The van der Waals surface area contributed by atoms with Crippen molar-refractivity contribution in [3.8, 4) is 11.5 Å². The van der Waals surface area contributed by atoms with Gasteiger partial charge in [0.05, 0.1) is 5.56 Å². The second kappa shape index (κ2) is 7.39. The summed E-state index contributed by atoms with van der Waals surface area (Å²) in [7, 11) is 1.40. The summed E-state index contributed by atoms with van der Waals surface area (Å²) >= 11 is 0. The Balaban J connectivity index is 1.77. The van der Waals surface area contributed by atoms with Gasteiger partial charge in [-0.05, 0) is 31.0 Å². The SMILES string of the molecule is COCOc1cc(C(F)(F)F)ccc1O[C@H]1C[C@H]2CCC[C@@H](C1)N2O. The van der Waals surface area contributed by atoms with E-state index in [1.165, 1.54) is 18.2 Å². The normalized spacial score (nSPS) is 27.2. The fourth-order valence-electron chi connectivity index (χ4n) is 3.60. The topological polar surface area (TPSA) is 51.2 Å². The fraction of sp³-hybridized carbons (Fsp3) is 0.647. The van der Waals surface area contributed by atoms with Gasteiger partial charge in [-0.25, -0.2) is 0 Å². The summed E-state index contributed by atoms with van der Waals surface area (Å²) in [5.41, 5.74) is -0.798. The summed E-state index contributed by atoms with van der Waals surface area (Å²) in [6, 6.07) is 3.27. The predicted octanol–water partition coefficient (Wildman–Crippen LogP) is 3.84. The third-order valence-electron chi connectivity index (χ3n) is 4.79. The quantitative estimate of drug-likeness (QED) is 0.808. The molecule has 1 aromatic carbocycles. The molecule has 3 atom stereocenters. The summed E-state index contributed by atoms with van der Waals surface area (Å²) in [5.74, 6) is 0.271. The summed E-state index contributed by atoms with van der Waals surface area (Å²) in [6.45, 7) is -0.169. The van der Waals surface area contributed by atoms with Gasteiger partial charge in [0, 0.05) is 32.0 Å². The van der Waals surface area contributed by atoms with Gasteiger partial charge >= 0.3 is 6.18 Å². The first-order chi connectivity index (χ1) is 11.9. The molecule has 2 fully saturated rings. The highest BCUT2D eigenvalue weighted by Crippen LogP contribution is 2.39. The molecule has 25 heavy (non-hydrogen) atoms. The van der Waals surface area contributed by atoms with E-state index in [-0.39, 0.29) is 36.5 Å². The number of hydrogen-bond donors (Lipinski definition) is 1. The van der Waals surface area contributed by atoms with Crippen LogP contribution in [0.3, 0.4) is 0 Å². The van der Waals surface area contributed by atoms with Gasteiger partial charge in [-0.3, -0.25) is 0 Å². The third kappa shape index (κ3) is 4.19. The van der Waals surface area contributed by atoms with Crippen LogP contribution < -0.4 is 9.47 Å². The summed E-state index contributed by atoms with van der Waals surface area (Å²) in [6.07, 6.45) is -0.486. The summed E-state index contributed by atoms with van der Waals surface area (Å²) in [5, 5.41) is 11.5. The molecular formula is C17H22F3NO4. The number of benzene rings is 1. The minimum Gasteiger partial charge on any atom is -0.486 e. The second-order valence-corrected chi connectivity index (χ2v) is 6.54. The fourth-order valence-corrected chi connectivity index (χ4v) is 3.60. The van der Waals surface area contributed by atoms with Gasteiger partial charge in [0.15, 0.2) is 18.3 Å². The van der Waals surface area contributed by atoms with E-state index in [4.69, 9.17) is 14.2 Å². The molecule has 3 rings (SSSR count). The lowest BCUT2D eigenvalue weighted by molar-refractivity contribution is -0.207. The van der Waals surface area contributed by atoms with Gasteiger partial charge in [0.1, 0.15) is 6.10 Å². The molecule has 2 aliphatic heterocycles. The molecule has 140 valence electrons. The first kappa shape index (κ1) is 18.3. The van der Waals surface area contributed by atoms with Crippen molar-refractivity contribution >= 4 is 0 Å². The van der Waals surface area contributed by atoms with Crippen molar-refractivity contribution in [2.75, 3.05) is 13.9 Å². The monoisotopic (exact) mass is 361 g/mol. The molecule has 8 heteroatoms. The molecule has 0 spiro atoms. The van der Waals surface area contributed by atoms with Crippen LogP contribution in [0.25, 0.3) is 0 Å². The van der Waals surface area contributed by atoms with Crippen LogP contribution in [-0.2, 0) is 10.9 Å². The van der Waals surface area contributed by atoms with E-state index in [0.29, 0.717) is 12.8 Å². The lowest BCUT2D eigenvalue weighted by Gasteiger charge is -2.44. The highest BCUT2D eigenvalue weighted by Gasteiger charge is 2.39. The zero-order chi connectivity index (χ0) is 18.0. The van der Waals surface area contributed by atoms with Crippen LogP contribution in [0, 0.1) is 0 Å². The largest absolute Gasteiger partial charge is 0.486 e. The number of ether oxygens (including phenoxy) is 3. The zero-order valence-corrected chi connectivity index (χ0v) is 14.0. The Morgan fingerprint density at radius 2 is 1.84 bits per heavy atom. The number of hydrogen-bond acceptors (Lipinski definition) is 5. The van der Waals surface area contributed by atoms with Crippen LogP contribution in [-0.4, -0.2) is 42.4 Å². The van der Waals surface area contributed by atoms with E-state index in [0.717, 1.165) is 31.4 Å². The molecule has 0 saturated carbocycles. The Labute approximate surface area is 144 Å². The van der Waals surface area contributed by atoms with E-state index >= 15 is 0 Å². The van der Waals surface area contributed by atoms with Crippen molar-refractivity contribution in [1.82, 2.24) is 5.06 Å². The van der Waals surface area contributed by atoms with Crippen molar-refractivity contribution in [3.05, 3.63) is 23.8 Å². The number of rotatable bonds is 5.